The molecule has 0 bridgehead atoms. The topological polar surface area (TPSA) is 96.0 Å². The van der Waals surface area contributed by atoms with E-state index in [0.717, 1.165) is 4.31 Å². The first-order valence-electron chi connectivity index (χ1n) is 11.9. The van der Waals surface area contributed by atoms with Crippen molar-refractivity contribution < 1.29 is 22.7 Å². The first-order chi connectivity index (χ1) is 18.5. The van der Waals surface area contributed by atoms with E-state index in [1.807, 2.05) is 0 Å². The maximum Gasteiger partial charge on any atom is 0.264 e. The van der Waals surface area contributed by atoms with Crippen LogP contribution in [0.5, 0.6) is 5.75 Å². The lowest BCUT2D eigenvalue weighted by Crippen LogP contribution is -2.50. The molecular formula is C27H28Cl3N3O5S. The van der Waals surface area contributed by atoms with Gasteiger partial charge in [-0.15, -0.1) is 0 Å². The number of nitrogens with one attached hydrogen (secondary N) is 1. The lowest BCUT2D eigenvalue weighted by atomic mass is 10.1. The monoisotopic (exact) mass is 611 g/mol. The number of para-hydroxylation sites is 2. The molecule has 39 heavy (non-hydrogen) atoms. The second kappa shape index (κ2) is 13.4. The summed E-state index contributed by atoms with van der Waals surface area (Å²) in [4.78, 5) is 27.7. The fraction of sp³-hybridized carbons (Fsp3) is 0.259. The number of rotatable bonds is 11. The van der Waals surface area contributed by atoms with Gasteiger partial charge in [0.25, 0.3) is 10.0 Å². The summed E-state index contributed by atoms with van der Waals surface area (Å²) in [6, 6.07) is 16.0. The van der Waals surface area contributed by atoms with Gasteiger partial charge in [-0.25, -0.2) is 8.42 Å². The fourth-order valence-corrected chi connectivity index (χ4v) is 5.83. The maximum absolute atomic E-state index is 13.9. The summed E-state index contributed by atoms with van der Waals surface area (Å²) in [5.41, 5.74) is 0.701. The third kappa shape index (κ3) is 7.36. The Hall–Kier alpha value is -2.98. The third-order valence-corrected chi connectivity index (χ3v) is 8.50. The molecule has 0 fully saturated rings. The van der Waals surface area contributed by atoms with Crippen molar-refractivity contribution in [2.45, 2.75) is 31.3 Å². The highest BCUT2D eigenvalue weighted by atomic mass is 35.5. The van der Waals surface area contributed by atoms with Gasteiger partial charge in [-0.1, -0.05) is 53.0 Å². The van der Waals surface area contributed by atoms with Crippen molar-refractivity contribution in [2.75, 3.05) is 24.5 Å². The van der Waals surface area contributed by atoms with Crippen molar-refractivity contribution in [3.8, 4) is 5.75 Å². The normalized spacial score (nSPS) is 11.9. The molecule has 0 spiro atoms. The smallest absolute Gasteiger partial charge is 0.264 e. The average Bonchev–Trinajstić information content (AvgIpc) is 2.91. The number of nitrogens with zero attached hydrogens (tertiary/aromatic N) is 2. The first kappa shape index (κ1) is 30.6. The maximum atomic E-state index is 13.9. The lowest BCUT2D eigenvalue weighted by Gasteiger charge is -2.32. The number of anilines is 1. The Balaban J connectivity index is 2.10. The molecule has 0 saturated carbocycles. The molecule has 208 valence electrons. The minimum atomic E-state index is -4.28. The quantitative estimate of drug-likeness (QED) is 0.313. The second-order valence-electron chi connectivity index (χ2n) is 8.41. The number of sulfonamides is 1. The van der Waals surface area contributed by atoms with Gasteiger partial charge in [0.15, 0.2) is 0 Å². The van der Waals surface area contributed by atoms with Gasteiger partial charge in [-0.2, -0.15) is 0 Å². The second-order valence-corrected chi connectivity index (χ2v) is 11.6. The average molecular weight is 613 g/mol. The molecule has 0 aliphatic heterocycles. The summed E-state index contributed by atoms with van der Waals surface area (Å²) in [5.74, 6) is -0.798. The summed E-state index contributed by atoms with van der Waals surface area (Å²) in [5, 5.41) is 3.60. The van der Waals surface area contributed by atoms with Gasteiger partial charge in [0.1, 0.15) is 18.3 Å². The first-order valence-corrected chi connectivity index (χ1v) is 14.5. The predicted molar refractivity (Wildman–Crippen MR) is 154 cm³/mol. The van der Waals surface area contributed by atoms with E-state index < -0.39 is 34.4 Å². The van der Waals surface area contributed by atoms with Crippen LogP contribution in [0, 0.1) is 0 Å². The van der Waals surface area contributed by atoms with Gasteiger partial charge >= 0.3 is 0 Å². The predicted octanol–water partition coefficient (Wildman–Crippen LogP) is 5.40. The van der Waals surface area contributed by atoms with Crippen LogP contribution in [0.3, 0.4) is 0 Å². The number of halogens is 3. The molecule has 1 atom stereocenters. The minimum Gasteiger partial charge on any atom is -0.492 e. The van der Waals surface area contributed by atoms with Crippen LogP contribution in [0.1, 0.15) is 19.4 Å². The van der Waals surface area contributed by atoms with E-state index in [-0.39, 0.29) is 29.5 Å². The van der Waals surface area contributed by atoms with Crippen LogP contribution in [0.2, 0.25) is 15.1 Å². The Morgan fingerprint density at radius 1 is 0.974 bits per heavy atom. The molecule has 12 heteroatoms. The number of ether oxygens (including phenoxy) is 1. The molecule has 1 unspecified atom stereocenters. The SMILES string of the molecule is CCOc1ccccc1N(CC(=O)N(Cc1ccc(Cl)cc1Cl)C(C)C(=O)NC)S(=O)(=O)c1ccc(Cl)cc1. The molecular weight excluding hydrogens is 585 g/mol. The van der Waals surface area contributed by atoms with Gasteiger partial charge in [0.05, 0.1) is 17.2 Å². The Labute approximate surface area is 243 Å². The van der Waals surface area contributed by atoms with E-state index in [9.17, 15) is 18.0 Å². The highest BCUT2D eigenvalue weighted by Gasteiger charge is 2.33. The van der Waals surface area contributed by atoms with E-state index in [0.29, 0.717) is 20.6 Å². The summed E-state index contributed by atoms with van der Waals surface area (Å²) in [7, 11) is -2.82. The molecule has 3 aromatic carbocycles. The van der Waals surface area contributed by atoms with Crippen LogP contribution in [-0.2, 0) is 26.2 Å². The molecule has 0 radical (unpaired) electrons. The summed E-state index contributed by atoms with van der Waals surface area (Å²) < 4.78 is 34.5. The number of carbonyl (C=O) groups is 2. The van der Waals surface area contributed by atoms with Crippen molar-refractivity contribution in [3.63, 3.8) is 0 Å². The van der Waals surface area contributed by atoms with Crippen LogP contribution in [0.25, 0.3) is 0 Å². The Bertz CT molecular complexity index is 1430. The van der Waals surface area contributed by atoms with Gasteiger partial charge < -0.3 is 15.0 Å². The van der Waals surface area contributed by atoms with Crippen LogP contribution in [0.4, 0.5) is 5.69 Å². The standard InChI is InChI=1S/C27H28Cl3N3O5S/c1-4-38-25-8-6-5-7-24(25)33(39(36,37)22-13-11-20(28)12-14-22)17-26(34)32(18(2)27(35)31-3)16-19-9-10-21(29)15-23(19)30/h5-15,18H,4,16-17H2,1-3H3,(H,31,35). The molecule has 8 nitrogen and oxygen atoms in total. The Morgan fingerprint density at radius 3 is 2.23 bits per heavy atom. The number of likely N-dealkylation sites (N-methyl/N-ethyl adjacent to an activating group) is 1. The van der Waals surface area contributed by atoms with E-state index in [1.165, 1.54) is 42.3 Å². The molecule has 0 aliphatic carbocycles. The molecule has 0 aliphatic rings. The largest absolute Gasteiger partial charge is 0.492 e. The zero-order valence-corrected chi connectivity index (χ0v) is 24.6. The van der Waals surface area contributed by atoms with Crippen molar-refractivity contribution in [1.82, 2.24) is 10.2 Å². The summed E-state index contributed by atoms with van der Waals surface area (Å²) in [6.45, 7) is 2.90. The minimum absolute atomic E-state index is 0.0641. The molecule has 0 heterocycles. The van der Waals surface area contributed by atoms with Gasteiger partial charge in [-0.3, -0.25) is 13.9 Å². The summed E-state index contributed by atoms with van der Waals surface area (Å²) >= 11 is 18.4. The van der Waals surface area contributed by atoms with Crippen molar-refractivity contribution in [1.29, 1.82) is 0 Å². The van der Waals surface area contributed by atoms with Gasteiger partial charge in [-0.05, 0) is 67.9 Å². The Morgan fingerprint density at radius 2 is 1.62 bits per heavy atom. The van der Waals surface area contributed by atoms with Crippen LogP contribution >= 0.6 is 34.8 Å². The van der Waals surface area contributed by atoms with Gasteiger partial charge in [0, 0.05) is 28.7 Å². The lowest BCUT2D eigenvalue weighted by molar-refractivity contribution is -0.139. The molecule has 3 rings (SSSR count). The van der Waals surface area contributed by atoms with Crippen molar-refractivity contribution >= 4 is 62.3 Å². The number of hydrogen-bond acceptors (Lipinski definition) is 5. The highest BCUT2D eigenvalue weighted by molar-refractivity contribution is 7.92. The van der Waals surface area contributed by atoms with E-state index >= 15 is 0 Å². The van der Waals surface area contributed by atoms with Crippen molar-refractivity contribution in [2.24, 2.45) is 0 Å². The van der Waals surface area contributed by atoms with Gasteiger partial charge in [0.2, 0.25) is 11.8 Å². The van der Waals surface area contributed by atoms with Crippen LogP contribution in [0.15, 0.2) is 71.6 Å². The van der Waals surface area contributed by atoms with E-state index in [1.54, 1.807) is 50.2 Å². The molecule has 1 N–H and O–H groups in total. The van der Waals surface area contributed by atoms with E-state index in [4.69, 9.17) is 39.5 Å². The van der Waals surface area contributed by atoms with E-state index in [2.05, 4.69) is 5.32 Å². The number of benzene rings is 3. The summed E-state index contributed by atoms with van der Waals surface area (Å²) in [6.07, 6.45) is 0. The fourth-order valence-electron chi connectivity index (χ4n) is 3.81. The number of amides is 2. The van der Waals surface area contributed by atoms with Crippen LogP contribution in [-0.4, -0.2) is 51.4 Å². The molecule has 2 amide bonds. The van der Waals surface area contributed by atoms with Crippen molar-refractivity contribution in [3.05, 3.63) is 87.4 Å². The molecule has 3 aromatic rings. The molecule has 0 saturated heterocycles. The number of hydrogen-bond donors (Lipinski definition) is 1. The number of carbonyl (C=O) groups excluding carboxylic acids is 2. The zero-order chi connectivity index (χ0) is 28.7. The molecule has 0 aromatic heterocycles. The Kier molecular flexibility index (Phi) is 10.5. The third-order valence-electron chi connectivity index (χ3n) is 5.88. The van der Waals surface area contributed by atoms with Crippen LogP contribution < -0.4 is 14.4 Å². The zero-order valence-electron chi connectivity index (χ0n) is 21.5. The highest BCUT2D eigenvalue weighted by Crippen LogP contribution is 2.33.